The van der Waals surface area contributed by atoms with Crippen LogP contribution in [0.25, 0.3) is 0 Å². The van der Waals surface area contributed by atoms with Crippen LogP contribution < -0.4 is 10.1 Å². The predicted octanol–water partition coefficient (Wildman–Crippen LogP) is 1.30. The molecule has 0 bridgehead atoms. The molecule has 0 aliphatic rings. The van der Waals surface area contributed by atoms with Crippen LogP contribution in [0.2, 0.25) is 0 Å². The Balaban J connectivity index is 2.37. The van der Waals surface area contributed by atoms with E-state index in [4.69, 9.17) is 14.6 Å². The third-order valence-corrected chi connectivity index (χ3v) is 3.65. The third kappa shape index (κ3) is 6.27. The Morgan fingerprint density at radius 2 is 2.05 bits per heavy atom. The van der Waals surface area contributed by atoms with Gasteiger partial charge in [-0.15, -0.1) is 11.8 Å². The first-order chi connectivity index (χ1) is 9.69. The number of thioether (sulfide) groups is 1. The van der Waals surface area contributed by atoms with Gasteiger partial charge >= 0.3 is 0 Å². The Morgan fingerprint density at radius 3 is 2.60 bits per heavy atom. The number of methoxy groups -OCH3 is 2. The van der Waals surface area contributed by atoms with Crippen molar-refractivity contribution in [3.8, 4) is 5.75 Å². The maximum absolute atomic E-state index is 11.8. The number of aliphatic hydroxyl groups excluding tert-OH is 1. The molecule has 0 saturated heterocycles. The third-order valence-electron chi connectivity index (χ3n) is 2.64. The van der Waals surface area contributed by atoms with Crippen LogP contribution in [0.15, 0.2) is 29.2 Å². The highest BCUT2D eigenvalue weighted by atomic mass is 32.2. The van der Waals surface area contributed by atoms with Crippen LogP contribution in [-0.2, 0) is 9.53 Å². The fourth-order valence-corrected chi connectivity index (χ4v) is 2.35. The highest BCUT2D eigenvalue weighted by molar-refractivity contribution is 8.00. The SMILES string of the molecule is COCC(CCO)NC(=O)CSc1ccc(OC)cc1. The molecule has 1 aromatic carbocycles. The van der Waals surface area contributed by atoms with Crippen LogP contribution in [0.1, 0.15) is 6.42 Å². The quantitative estimate of drug-likeness (QED) is 0.673. The van der Waals surface area contributed by atoms with E-state index in [2.05, 4.69) is 5.32 Å². The number of carbonyl (C=O) groups is 1. The van der Waals surface area contributed by atoms with Crippen LogP contribution in [0.3, 0.4) is 0 Å². The molecule has 112 valence electrons. The first-order valence-electron chi connectivity index (χ1n) is 6.35. The molecule has 20 heavy (non-hydrogen) atoms. The van der Waals surface area contributed by atoms with E-state index < -0.39 is 0 Å². The zero-order valence-corrected chi connectivity index (χ0v) is 12.6. The lowest BCUT2D eigenvalue weighted by molar-refractivity contribution is -0.119. The topological polar surface area (TPSA) is 67.8 Å². The number of carbonyl (C=O) groups excluding carboxylic acids is 1. The average Bonchev–Trinajstić information content (AvgIpc) is 2.46. The zero-order chi connectivity index (χ0) is 14.8. The molecule has 0 aliphatic carbocycles. The summed E-state index contributed by atoms with van der Waals surface area (Å²) in [7, 11) is 3.19. The number of rotatable bonds is 9. The van der Waals surface area contributed by atoms with E-state index in [1.807, 2.05) is 24.3 Å². The molecular formula is C14H21NO4S. The van der Waals surface area contributed by atoms with Crippen molar-refractivity contribution in [1.29, 1.82) is 0 Å². The summed E-state index contributed by atoms with van der Waals surface area (Å²) in [5, 5.41) is 11.8. The van der Waals surface area contributed by atoms with Gasteiger partial charge in [-0.25, -0.2) is 0 Å². The molecule has 0 spiro atoms. The van der Waals surface area contributed by atoms with Crippen molar-refractivity contribution in [3.05, 3.63) is 24.3 Å². The Labute approximate surface area is 123 Å². The summed E-state index contributed by atoms with van der Waals surface area (Å²) in [6.45, 7) is 0.430. The van der Waals surface area contributed by atoms with Gasteiger partial charge in [0.2, 0.25) is 5.91 Å². The minimum atomic E-state index is -0.144. The van der Waals surface area contributed by atoms with Gasteiger partial charge in [0.1, 0.15) is 5.75 Å². The monoisotopic (exact) mass is 299 g/mol. The number of amides is 1. The molecular weight excluding hydrogens is 278 g/mol. The van der Waals surface area contributed by atoms with Gasteiger partial charge in [-0.1, -0.05) is 0 Å². The second kappa shape index (κ2) is 9.63. The zero-order valence-electron chi connectivity index (χ0n) is 11.8. The molecule has 0 fully saturated rings. The number of nitrogens with one attached hydrogen (secondary N) is 1. The summed E-state index contributed by atoms with van der Waals surface area (Å²) < 4.78 is 10.1. The van der Waals surface area contributed by atoms with E-state index in [0.29, 0.717) is 18.8 Å². The maximum atomic E-state index is 11.8. The minimum absolute atomic E-state index is 0.0277. The Hall–Kier alpha value is -1.24. The van der Waals surface area contributed by atoms with Gasteiger partial charge in [-0.05, 0) is 30.7 Å². The molecule has 6 heteroatoms. The lowest BCUT2D eigenvalue weighted by Crippen LogP contribution is -2.39. The van der Waals surface area contributed by atoms with E-state index in [-0.39, 0.29) is 18.6 Å². The lowest BCUT2D eigenvalue weighted by Gasteiger charge is -2.16. The smallest absolute Gasteiger partial charge is 0.230 e. The highest BCUT2D eigenvalue weighted by Crippen LogP contribution is 2.20. The van der Waals surface area contributed by atoms with Crippen molar-refractivity contribution in [2.24, 2.45) is 0 Å². The molecule has 0 radical (unpaired) electrons. The second-order valence-electron chi connectivity index (χ2n) is 4.20. The highest BCUT2D eigenvalue weighted by Gasteiger charge is 2.11. The van der Waals surface area contributed by atoms with Gasteiger partial charge in [-0.3, -0.25) is 4.79 Å². The van der Waals surface area contributed by atoms with E-state index in [1.165, 1.54) is 11.8 Å². The summed E-state index contributed by atoms with van der Waals surface area (Å²) >= 11 is 1.45. The fraction of sp³-hybridized carbons (Fsp3) is 0.500. The molecule has 2 N–H and O–H groups in total. The molecule has 0 aromatic heterocycles. The van der Waals surface area contributed by atoms with Crippen molar-refractivity contribution in [2.45, 2.75) is 17.4 Å². The summed E-state index contributed by atoms with van der Waals surface area (Å²) in [5.41, 5.74) is 0. The van der Waals surface area contributed by atoms with Gasteiger partial charge in [0, 0.05) is 18.6 Å². The van der Waals surface area contributed by atoms with E-state index in [9.17, 15) is 4.79 Å². The van der Waals surface area contributed by atoms with Crippen molar-refractivity contribution in [3.63, 3.8) is 0 Å². The minimum Gasteiger partial charge on any atom is -0.497 e. The molecule has 1 atom stereocenters. The molecule has 0 aliphatic heterocycles. The fourth-order valence-electron chi connectivity index (χ4n) is 1.64. The van der Waals surface area contributed by atoms with Crippen LogP contribution >= 0.6 is 11.8 Å². The van der Waals surface area contributed by atoms with Crippen molar-refractivity contribution >= 4 is 17.7 Å². The molecule has 1 unspecified atom stereocenters. The lowest BCUT2D eigenvalue weighted by atomic mass is 10.2. The Kier molecular flexibility index (Phi) is 8.10. The standard InChI is InChI=1S/C14H21NO4S/c1-18-9-11(7-8-16)15-14(17)10-20-13-5-3-12(19-2)4-6-13/h3-6,11,16H,7-10H2,1-2H3,(H,15,17). The molecule has 1 amide bonds. The van der Waals surface area contributed by atoms with Gasteiger partial charge in [0.15, 0.2) is 0 Å². The first kappa shape index (κ1) is 16.8. The molecule has 0 saturated carbocycles. The van der Waals surface area contributed by atoms with Gasteiger partial charge in [0.25, 0.3) is 0 Å². The number of aliphatic hydroxyl groups is 1. The van der Waals surface area contributed by atoms with Crippen LogP contribution in [0.4, 0.5) is 0 Å². The number of benzene rings is 1. The molecule has 5 nitrogen and oxygen atoms in total. The summed E-state index contributed by atoms with van der Waals surface area (Å²) in [4.78, 5) is 12.8. The molecule has 0 heterocycles. The van der Waals surface area contributed by atoms with Crippen LogP contribution in [0.5, 0.6) is 5.75 Å². The van der Waals surface area contributed by atoms with Gasteiger partial charge in [-0.2, -0.15) is 0 Å². The van der Waals surface area contributed by atoms with Crippen LogP contribution in [-0.4, -0.2) is 50.2 Å². The van der Waals surface area contributed by atoms with Crippen molar-refractivity contribution in [1.82, 2.24) is 5.32 Å². The largest absolute Gasteiger partial charge is 0.497 e. The predicted molar refractivity (Wildman–Crippen MR) is 79.2 cm³/mol. The van der Waals surface area contributed by atoms with Gasteiger partial charge < -0.3 is 19.9 Å². The first-order valence-corrected chi connectivity index (χ1v) is 7.34. The van der Waals surface area contributed by atoms with E-state index in [1.54, 1.807) is 14.2 Å². The summed E-state index contributed by atoms with van der Waals surface area (Å²) in [6, 6.07) is 7.40. The Bertz CT molecular complexity index is 391. The van der Waals surface area contributed by atoms with E-state index >= 15 is 0 Å². The normalized spacial score (nSPS) is 11.9. The Morgan fingerprint density at radius 1 is 1.35 bits per heavy atom. The molecule has 1 aromatic rings. The summed E-state index contributed by atoms with van der Waals surface area (Å²) in [6.07, 6.45) is 0.493. The number of hydrogen-bond donors (Lipinski definition) is 2. The average molecular weight is 299 g/mol. The van der Waals surface area contributed by atoms with Gasteiger partial charge in [0.05, 0.1) is 25.5 Å². The summed E-state index contributed by atoms with van der Waals surface area (Å²) in [5.74, 6) is 1.06. The number of hydrogen-bond acceptors (Lipinski definition) is 5. The van der Waals surface area contributed by atoms with Crippen LogP contribution in [0, 0.1) is 0 Å². The van der Waals surface area contributed by atoms with Crippen molar-refractivity contribution in [2.75, 3.05) is 33.2 Å². The van der Waals surface area contributed by atoms with E-state index in [0.717, 1.165) is 10.6 Å². The van der Waals surface area contributed by atoms with Crippen molar-refractivity contribution < 1.29 is 19.4 Å². The number of ether oxygens (including phenoxy) is 2. The maximum Gasteiger partial charge on any atom is 0.230 e. The molecule has 1 rings (SSSR count). The second-order valence-corrected chi connectivity index (χ2v) is 5.25.